The van der Waals surface area contributed by atoms with Crippen molar-refractivity contribution in [2.24, 2.45) is 0 Å². The second kappa shape index (κ2) is 6.62. The first-order valence-electron chi connectivity index (χ1n) is 3.87. The van der Waals surface area contributed by atoms with Gasteiger partial charge in [-0.15, -0.1) is 0 Å². The van der Waals surface area contributed by atoms with Crippen molar-refractivity contribution < 1.29 is 4.84 Å². The first-order valence-corrected chi connectivity index (χ1v) is 3.87. The average molecular weight is 143 g/mol. The van der Waals surface area contributed by atoms with Crippen LogP contribution in [0, 0.1) is 0 Å². The molecule has 0 aromatic carbocycles. The van der Waals surface area contributed by atoms with Gasteiger partial charge in [0.25, 0.3) is 0 Å². The zero-order chi connectivity index (χ0) is 7.82. The standard InChI is InChI=1S/C8H17NO/c1-4-7-8-9(5-2)10-6-3/h5H,2,4,6-8H2,1,3H3. The van der Waals surface area contributed by atoms with Crippen molar-refractivity contribution in [3.63, 3.8) is 0 Å². The molecular formula is C8H17NO. The molecule has 2 nitrogen and oxygen atoms in total. The van der Waals surface area contributed by atoms with Crippen LogP contribution in [0.25, 0.3) is 0 Å². The predicted octanol–water partition coefficient (Wildman–Crippen LogP) is 2.18. The Morgan fingerprint density at radius 1 is 1.50 bits per heavy atom. The van der Waals surface area contributed by atoms with Crippen molar-refractivity contribution in [1.29, 1.82) is 0 Å². The Labute approximate surface area is 63.4 Å². The fourth-order valence-corrected chi connectivity index (χ4v) is 0.688. The van der Waals surface area contributed by atoms with Crippen molar-refractivity contribution in [2.45, 2.75) is 26.7 Å². The van der Waals surface area contributed by atoms with Gasteiger partial charge in [-0.05, 0) is 13.3 Å². The van der Waals surface area contributed by atoms with Crippen LogP contribution in [0.1, 0.15) is 26.7 Å². The van der Waals surface area contributed by atoms with Crippen LogP contribution in [0.4, 0.5) is 0 Å². The lowest BCUT2D eigenvalue weighted by molar-refractivity contribution is -0.115. The zero-order valence-corrected chi connectivity index (χ0v) is 6.97. The summed E-state index contributed by atoms with van der Waals surface area (Å²) >= 11 is 0. The van der Waals surface area contributed by atoms with E-state index in [1.165, 1.54) is 6.42 Å². The van der Waals surface area contributed by atoms with Crippen LogP contribution in [-0.2, 0) is 4.84 Å². The Bertz CT molecular complexity index is 83.3. The Morgan fingerprint density at radius 2 is 2.20 bits per heavy atom. The van der Waals surface area contributed by atoms with Crippen LogP contribution in [0.2, 0.25) is 0 Å². The molecule has 0 aliphatic rings. The van der Waals surface area contributed by atoms with Crippen LogP contribution >= 0.6 is 0 Å². The van der Waals surface area contributed by atoms with Gasteiger partial charge in [-0.3, -0.25) is 9.90 Å². The highest BCUT2D eigenvalue weighted by Crippen LogP contribution is 1.95. The molecule has 0 bridgehead atoms. The number of hydroxylamine groups is 2. The topological polar surface area (TPSA) is 12.5 Å². The van der Waals surface area contributed by atoms with E-state index < -0.39 is 0 Å². The largest absolute Gasteiger partial charge is 0.274 e. The first-order chi connectivity index (χ1) is 4.85. The Balaban J connectivity index is 3.29. The van der Waals surface area contributed by atoms with Gasteiger partial charge in [-0.1, -0.05) is 19.9 Å². The molecule has 0 unspecified atom stereocenters. The summed E-state index contributed by atoms with van der Waals surface area (Å²) in [6, 6.07) is 0. The summed E-state index contributed by atoms with van der Waals surface area (Å²) in [4.78, 5) is 5.21. The van der Waals surface area contributed by atoms with Crippen LogP contribution in [-0.4, -0.2) is 18.2 Å². The molecule has 60 valence electrons. The highest BCUT2D eigenvalue weighted by molar-refractivity contribution is 4.61. The molecule has 10 heavy (non-hydrogen) atoms. The highest BCUT2D eigenvalue weighted by Gasteiger charge is 1.93. The normalized spacial score (nSPS) is 9.40. The van der Waals surface area contributed by atoms with Crippen LogP contribution in [0.3, 0.4) is 0 Å². The summed E-state index contributed by atoms with van der Waals surface area (Å²) < 4.78 is 0. The number of hydrogen-bond acceptors (Lipinski definition) is 2. The van der Waals surface area contributed by atoms with Gasteiger partial charge >= 0.3 is 0 Å². The average Bonchev–Trinajstić information content (AvgIpc) is 1.98. The van der Waals surface area contributed by atoms with Gasteiger partial charge in [0, 0.05) is 12.7 Å². The number of hydrogen-bond donors (Lipinski definition) is 0. The smallest absolute Gasteiger partial charge is 0.0720 e. The lowest BCUT2D eigenvalue weighted by Crippen LogP contribution is -2.18. The molecule has 2 heteroatoms. The van der Waals surface area contributed by atoms with Gasteiger partial charge in [-0.2, -0.15) is 0 Å². The maximum atomic E-state index is 5.21. The first kappa shape index (κ1) is 9.50. The molecule has 0 radical (unpaired) electrons. The van der Waals surface area contributed by atoms with Crippen LogP contribution in [0.5, 0.6) is 0 Å². The summed E-state index contributed by atoms with van der Waals surface area (Å²) in [5.41, 5.74) is 0. The fourth-order valence-electron chi connectivity index (χ4n) is 0.688. The number of nitrogens with zero attached hydrogens (tertiary/aromatic N) is 1. The van der Waals surface area contributed by atoms with Gasteiger partial charge in [0.1, 0.15) is 0 Å². The zero-order valence-electron chi connectivity index (χ0n) is 6.97. The molecule has 0 rings (SSSR count). The van der Waals surface area contributed by atoms with Gasteiger partial charge in [-0.25, -0.2) is 0 Å². The quantitative estimate of drug-likeness (QED) is 0.528. The predicted molar refractivity (Wildman–Crippen MR) is 43.4 cm³/mol. The van der Waals surface area contributed by atoms with E-state index in [-0.39, 0.29) is 0 Å². The second-order valence-corrected chi connectivity index (χ2v) is 2.09. The van der Waals surface area contributed by atoms with E-state index in [0.29, 0.717) is 0 Å². The van der Waals surface area contributed by atoms with Gasteiger partial charge in [0.2, 0.25) is 0 Å². The molecule has 0 saturated heterocycles. The van der Waals surface area contributed by atoms with Gasteiger partial charge in [0.05, 0.1) is 6.61 Å². The summed E-state index contributed by atoms with van der Waals surface area (Å²) in [6.45, 7) is 9.44. The molecule has 0 aliphatic carbocycles. The molecule has 0 aromatic rings. The molecule has 0 fully saturated rings. The number of unbranched alkanes of at least 4 members (excludes halogenated alkanes) is 1. The monoisotopic (exact) mass is 143 g/mol. The molecule has 0 heterocycles. The van der Waals surface area contributed by atoms with Gasteiger partial charge in [0.15, 0.2) is 0 Å². The third kappa shape index (κ3) is 4.39. The molecule has 0 saturated carbocycles. The third-order valence-corrected chi connectivity index (χ3v) is 1.23. The minimum absolute atomic E-state index is 0.718. The Hall–Kier alpha value is -0.500. The highest BCUT2D eigenvalue weighted by atomic mass is 16.7. The maximum absolute atomic E-state index is 5.21. The van der Waals surface area contributed by atoms with E-state index in [1.54, 1.807) is 11.3 Å². The summed E-state index contributed by atoms with van der Waals surface area (Å²) in [7, 11) is 0. The van der Waals surface area contributed by atoms with Crippen molar-refractivity contribution in [1.82, 2.24) is 5.06 Å². The van der Waals surface area contributed by atoms with E-state index in [1.807, 2.05) is 6.92 Å². The van der Waals surface area contributed by atoms with Crippen molar-refractivity contribution in [2.75, 3.05) is 13.2 Å². The molecule has 0 N–H and O–H groups in total. The number of rotatable bonds is 6. The van der Waals surface area contributed by atoms with Crippen LogP contribution < -0.4 is 0 Å². The van der Waals surface area contributed by atoms with E-state index in [4.69, 9.17) is 4.84 Å². The Kier molecular flexibility index (Phi) is 6.29. The van der Waals surface area contributed by atoms with E-state index >= 15 is 0 Å². The molecular weight excluding hydrogens is 126 g/mol. The van der Waals surface area contributed by atoms with E-state index in [2.05, 4.69) is 13.5 Å². The molecule has 0 amide bonds. The van der Waals surface area contributed by atoms with E-state index in [0.717, 1.165) is 19.6 Å². The summed E-state index contributed by atoms with van der Waals surface area (Å²) in [5.74, 6) is 0. The molecule has 0 spiro atoms. The third-order valence-electron chi connectivity index (χ3n) is 1.23. The SMILES string of the molecule is C=CN(CCCC)OCC. The summed E-state index contributed by atoms with van der Waals surface area (Å²) in [5, 5.41) is 1.78. The van der Waals surface area contributed by atoms with Crippen molar-refractivity contribution >= 4 is 0 Å². The lowest BCUT2D eigenvalue weighted by Gasteiger charge is -2.17. The van der Waals surface area contributed by atoms with Crippen molar-refractivity contribution in [3.05, 3.63) is 12.8 Å². The lowest BCUT2D eigenvalue weighted by atomic mass is 10.3. The minimum Gasteiger partial charge on any atom is -0.274 e. The van der Waals surface area contributed by atoms with Gasteiger partial charge < -0.3 is 0 Å². The fraction of sp³-hybridized carbons (Fsp3) is 0.750. The van der Waals surface area contributed by atoms with Crippen LogP contribution in [0.15, 0.2) is 12.8 Å². The van der Waals surface area contributed by atoms with E-state index in [9.17, 15) is 0 Å². The minimum atomic E-state index is 0.718. The van der Waals surface area contributed by atoms with Crippen molar-refractivity contribution in [3.8, 4) is 0 Å². The molecule has 0 atom stereocenters. The summed E-state index contributed by atoms with van der Waals surface area (Å²) in [6.07, 6.45) is 4.07. The molecule has 0 aliphatic heterocycles. The maximum Gasteiger partial charge on any atom is 0.0720 e. The second-order valence-electron chi connectivity index (χ2n) is 2.09. The molecule has 0 aromatic heterocycles. The Morgan fingerprint density at radius 3 is 2.60 bits per heavy atom.